The van der Waals surface area contributed by atoms with E-state index >= 15 is 0 Å². The van der Waals surface area contributed by atoms with Crippen LogP contribution in [0.25, 0.3) is 0 Å². The first-order chi connectivity index (χ1) is 10.2. The van der Waals surface area contributed by atoms with E-state index in [1.165, 1.54) is 37.6 Å². The van der Waals surface area contributed by atoms with E-state index in [9.17, 15) is 19.2 Å². The Morgan fingerprint density at radius 3 is 2.27 bits per heavy atom. The van der Waals surface area contributed by atoms with Crippen molar-refractivity contribution in [3.8, 4) is 0 Å². The molecule has 0 aliphatic carbocycles. The summed E-state index contributed by atoms with van der Waals surface area (Å²) in [4.78, 5) is 54.8. The SMILES string of the molecule is C=O.COC(=O)CNC(=O)C1CSC(C)(C(C)=O)N1C(C)=O. The molecule has 2 unspecified atom stereocenters. The van der Waals surface area contributed by atoms with Crippen LogP contribution >= 0.6 is 11.8 Å². The fourth-order valence-electron chi connectivity index (χ4n) is 2.02. The summed E-state index contributed by atoms with van der Waals surface area (Å²) in [5, 5.41) is 2.40. The standard InChI is InChI=1S/C12H18N2O5S.CH2O/c1-7(15)12(3)14(8(2)16)9(6-20-12)11(18)13-5-10(17)19-4;1-2/h9H,5-6H2,1-4H3,(H,13,18);1H2. The van der Waals surface area contributed by atoms with Crippen molar-refractivity contribution < 1.29 is 28.7 Å². The number of hydrogen-bond donors (Lipinski definition) is 1. The molecule has 22 heavy (non-hydrogen) atoms. The largest absolute Gasteiger partial charge is 0.468 e. The fraction of sp³-hybridized carbons (Fsp3) is 0.615. The highest BCUT2D eigenvalue weighted by Crippen LogP contribution is 2.40. The molecule has 1 aliphatic rings. The molecule has 0 bridgehead atoms. The normalized spacial score (nSPS) is 23.1. The highest BCUT2D eigenvalue weighted by molar-refractivity contribution is 8.01. The monoisotopic (exact) mass is 332 g/mol. The van der Waals surface area contributed by atoms with E-state index in [-0.39, 0.29) is 18.2 Å². The maximum absolute atomic E-state index is 12.1. The average molecular weight is 332 g/mol. The van der Waals surface area contributed by atoms with Gasteiger partial charge in [0.1, 0.15) is 24.2 Å². The number of hydrogen-bond acceptors (Lipinski definition) is 7. The summed E-state index contributed by atoms with van der Waals surface area (Å²) in [7, 11) is 1.22. The Bertz CT molecular complexity index is 469. The number of rotatable bonds is 4. The van der Waals surface area contributed by atoms with Gasteiger partial charge in [-0.2, -0.15) is 0 Å². The molecule has 1 aliphatic heterocycles. The summed E-state index contributed by atoms with van der Waals surface area (Å²) < 4.78 is 4.42. The lowest BCUT2D eigenvalue weighted by atomic mass is 10.1. The molecule has 1 N–H and O–H groups in total. The van der Waals surface area contributed by atoms with Crippen LogP contribution in [0.1, 0.15) is 20.8 Å². The zero-order chi connectivity index (χ0) is 17.5. The molecule has 0 aromatic carbocycles. The molecular weight excluding hydrogens is 312 g/mol. The third-order valence-electron chi connectivity index (χ3n) is 3.22. The smallest absolute Gasteiger partial charge is 0.325 e. The van der Waals surface area contributed by atoms with Crippen LogP contribution in [0.3, 0.4) is 0 Å². The summed E-state index contributed by atoms with van der Waals surface area (Å²) in [6.45, 7) is 6.05. The van der Waals surface area contributed by atoms with E-state index in [1.807, 2.05) is 6.79 Å². The van der Waals surface area contributed by atoms with Crippen LogP contribution in [0.15, 0.2) is 0 Å². The zero-order valence-corrected chi connectivity index (χ0v) is 13.8. The van der Waals surface area contributed by atoms with Gasteiger partial charge in [0.2, 0.25) is 11.8 Å². The second-order valence-corrected chi connectivity index (χ2v) is 5.97. The molecule has 1 fully saturated rings. The van der Waals surface area contributed by atoms with Gasteiger partial charge in [-0.1, -0.05) is 0 Å². The molecule has 1 saturated heterocycles. The molecule has 0 saturated carbocycles. The zero-order valence-electron chi connectivity index (χ0n) is 13.0. The number of ether oxygens (including phenoxy) is 1. The number of carbonyl (C=O) groups is 5. The molecule has 0 spiro atoms. The number of amides is 2. The van der Waals surface area contributed by atoms with Gasteiger partial charge >= 0.3 is 5.97 Å². The minimum Gasteiger partial charge on any atom is -0.468 e. The number of methoxy groups -OCH3 is 1. The van der Waals surface area contributed by atoms with Crippen molar-refractivity contribution in [2.24, 2.45) is 0 Å². The van der Waals surface area contributed by atoms with Gasteiger partial charge in [-0.25, -0.2) is 0 Å². The lowest BCUT2D eigenvalue weighted by molar-refractivity contribution is -0.146. The second-order valence-electron chi connectivity index (χ2n) is 4.55. The van der Waals surface area contributed by atoms with E-state index in [4.69, 9.17) is 4.79 Å². The summed E-state index contributed by atoms with van der Waals surface area (Å²) >= 11 is 1.24. The van der Waals surface area contributed by atoms with Gasteiger partial charge in [0, 0.05) is 12.7 Å². The van der Waals surface area contributed by atoms with E-state index in [1.54, 1.807) is 6.92 Å². The van der Waals surface area contributed by atoms with Crippen LogP contribution in [-0.2, 0) is 28.7 Å². The first-order valence-electron chi connectivity index (χ1n) is 6.32. The maximum Gasteiger partial charge on any atom is 0.325 e. The molecule has 124 valence electrons. The summed E-state index contributed by atoms with van der Waals surface area (Å²) in [5.74, 6) is -1.29. The summed E-state index contributed by atoms with van der Waals surface area (Å²) in [5.41, 5.74) is 0. The Kier molecular flexibility index (Phi) is 7.78. The number of nitrogens with zero attached hydrogens (tertiary/aromatic N) is 1. The molecule has 0 aromatic rings. The van der Waals surface area contributed by atoms with Gasteiger partial charge in [0.25, 0.3) is 0 Å². The maximum atomic E-state index is 12.1. The molecule has 1 rings (SSSR count). The van der Waals surface area contributed by atoms with Gasteiger partial charge in [-0.15, -0.1) is 11.8 Å². The number of carbonyl (C=O) groups excluding carboxylic acids is 5. The third kappa shape index (κ3) is 4.30. The molecule has 0 radical (unpaired) electrons. The molecule has 2 atom stereocenters. The Labute approximate surface area is 132 Å². The van der Waals surface area contributed by atoms with E-state index < -0.39 is 22.8 Å². The lowest BCUT2D eigenvalue weighted by Gasteiger charge is -2.34. The predicted molar refractivity (Wildman–Crippen MR) is 80.0 cm³/mol. The van der Waals surface area contributed by atoms with Gasteiger partial charge in [0.05, 0.1) is 7.11 Å². The van der Waals surface area contributed by atoms with Crippen LogP contribution in [0.2, 0.25) is 0 Å². The highest BCUT2D eigenvalue weighted by Gasteiger charge is 2.51. The van der Waals surface area contributed by atoms with Crippen molar-refractivity contribution in [2.45, 2.75) is 31.7 Å². The summed E-state index contributed by atoms with van der Waals surface area (Å²) in [6.07, 6.45) is 0. The van der Waals surface area contributed by atoms with Crippen LogP contribution in [0, 0.1) is 0 Å². The lowest BCUT2D eigenvalue weighted by Crippen LogP contribution is -2.56. The molecule has 2 amide bonds. The predicted octanol–water partition coefficient (Wildman–Crippen LogP) is -0.640. The minimum absolute atomic E-state index is 0.194. The van der Waals surface area contributed by atoms with Crippen molar-refractivity contribution in [2.75, 3.05) is 19.4 Å². The minimum atomic E-state index is -1.04. The van der Waals surface area contributed by atoms with Crippen molar-refractivity contribution in [3.63, 3.8) is 0 Å². The molecular formula is C13H20N2O6S. The Morgan fingerprint density at radius 2 is 1.86 bits per heavy atom. The van der Waals surface area contributed by atoms with Crippen molar-refractivity contribution in [1.29, 1.82) is 0 Å². The number of esters is 1. The second kappa shape index (κ2) is 8.52. The van der Waals surface area contributed by atoms with Crippen LogP contribution in [0.5, 0.6) is 0 Å². The topological polar surface area (TPSA) is 110 Å². The first-order valence-corrected chi connectivity index (χ1v) is 7.31. The van der Waals surface area contributed by atoms with E-state index in [0.29, 0.717) is 5.75 Å². The van der Waals surface area contributed by atoms with E-state index in [0.717, 1.165) is 0 Å². The quantitative estimate of drug-likeness (QED) is 0.682. The average Bonchev–Trinajstić information content (AvgIpc) is 2.85. The number of thioether (sulfide) groups is 1. The van der Waals surface area contributed by atoms with Crippen LogP contribution in [-0.4, -0.2) is 65.6 Å². The molecule has 8 nitrogen and oxygen atoms in total. The Hall–Kier alpha value is -1.90. The van der Waals surface area contributed by atoms with E-state index in [2.05, 4.69) is 10.1 Å². The van der Waals surface area contributed by atoms with Gasteiger partial charge in [-0.3, -0.25) is 19.2 Å². The van der Waals surface area contributed by atoms with Crippen molar-refractivity contribution in [1.82, 2.24) is 10.2 Å². The number of nitrogens with one attached hydrogen (secondary N) is 1. The Balaban J connectivity index is 0.00000211. The Morgan fingerprint density at radius 1 is 1.32 bits per heavy atom. The molecule has 0 aromatic heterocycles. The van der Waals surface area contributed by atoms with Gasteiger partial charge < -0.3 is 19.7 Å². The van der Waals surface area contributed by atoms with Gasteiger partial charge in [-0.05, 0) is 13.8 Å². The van der Waals surface area contributed by atoms with Crippen molar-refractivity contribution >= 4 is 42.1 Å². The molecule has 9 heteroatoms. The van der Waals surface area contributed by atoms with Crippen LogP contribution in [0.4, 0.5) is 0 Å². The third-order valence-corrected chi connectivity index (χ3v) is 4.75. The number of Topliss-reactive ketones (excluding diaryl/α,β-unsaturated/α-hetero) is 1. The number of ketones is 1. The summed E-state index contributed by atoms with van der Waals surface area (Å²) in [6, 6.07) is -0.768. The van der Waals surface area contributed by atoms with Gasteiger partial charge in [0.15, 0.2) is 5.78 Å². The first kappa shape index (κ1) is 20.1. The fourth-order valence-corrected chi connectivity index (χ4v) is 3.40. The highest BCUT2D eigenvalue weighted by atomic mass is 32.2. The molecule has 1 heterocycles. The van der Waals surface area contributed by atoms with Crippen molar-refractivity contribution in [3.05, 3.63) is 0 Å². The van der Waals surface area contributed by atoms with Crippen LogP contribution < -0.4 is 5.32 Å².